The van der Waals surface area contributed by atoms with Crippen LogP contribution in [0.1, 0.15) is 13.8 Å². The highest BCUT2D eigenvalue weighted by molar-refractivity contribution is 6.33. The molecule has 120 valence electrons. The number of urea groups is 1. The Balaban J connectivity index is 1.96. The molecular formula is C18H19ClN2O2. The zero-order chi connectivity index (χ0) is 16.7. The van der Waals surface area contributed by atoms with Crippen molar-refractivity contribution in [3.8, 4) is 5.75 Å². The summed E-state index contributed by atoms with van der Waals surface area (Å²) in [6, 6.07) is 13.9. The first-order valence-corrected chi connectivity index (χ1v) is 7.61. The highest BCUT2D eigenvalue weighted by Gasteiger charge is 2.06. The van der Waals surface area contributed by atoms with Gasteiger partial charge in [0.25, 0.3) is 0 Å². The largest absolute Gasteiger partial charge is 0.489 e. The molecule has 5 heteroatoms. The number of hydrogen-bond donors (Lipinski definition) is 2. The molecule has 2 N–H and O–H groups in total. The van der Waals surface area contributed by atoms with Crippen LogP contribution in [-0.4, -0.2) is 12.6 Å². The van der Waals surface area contributed by atoms with Crippen molar-refractivity contribution in [3.63, 3.8) is 0 Å². The van der Waals surface area contributed by atoms with Gasteiger partial charge in [-0.05, 0) is 44.2 Å². The molecule has 0 unspecified atom stereocenters. The van der Waals surface area contributed by atoms with Gasteiger partial charge in [-0.3, -0.25) is 0 Å². The molecule has 2 amide bonds. The Kier molecular flexibility index (Phi) is 6.06. The predicted molar refractivity (Wildman–Crippen MR) is 95.5 cm³/mol. The quantitative estimate of drug-likeness (QED) is 0.728. The summed E-state index contributed by atoms with van der Waals surface area (Å²) in [5.41, 5.74) is 2.39. The molecule has 0 saturated carbocycles. The zero-order valence-electron chi connectivity index (χ0n) is 13.1. The molecule has 4 nitrogen and oxygen atoms in total. The van der Waals surface area contributed by atoms with Crippen molar-refractivity contribution in [3.05, 3.63) is 65.2 Å². The van der Waals surface area contributed by atoms with E-state index < -0.39 is 0 Å². The van der Waals surface area contributed by atoms with Crippen molar-refractivity contribution in [2.45, 2.75) is 13.8 Å². The van der Waals surface area contributed by atoms with Gasteiger partial charge >= 0.3 is 6.03 Å². The monoisotopic (exact) mass is 330 g/mol. The van der Waals surface area contributed by atoms with E-state index in [1.807, 2.05) is 32.1 Å². The average Bonchev–Trinajstić information content (AvgIpc) is 2.49. The summed E-state index contributed by atoms with van der Waals surface area (Å²) < 4.78 is 5.61. The molecule has 2 aromatic rings. The SMILES string of the molecule is CC(C)=CCOc1cccc(NC(=O)Nc2ccccc2Cl)c1. The summed E-state index contributed by atoms with van der Waals surface area (Å²) >= 11 is 6.01. The Morgan fingerprint density at radius 3 is 2.65 bits per heavy atom. The van der Waals surface area contributed by atoms with E-state index in [1.54, 1.807) is 36.4 Å². The van der Waals surface area contributed by atoms with Gasteiger partial charge in [-0.1, -0.05) is 35.4 Å². The maximum Gasteiger partial charge on any atom is 0.323 e. The number of benzene rings is 2. The molecule has 2 aromatic carbocycles. The Labute approximate surface area is 141 Å². The number of anilines is 2. The van der Waals surface area contributed by atoms with Crippen molar-refractivity contribution in [2.24, 2.45) is 0 Å². The van der Waals surface area contributed by atoms with Crippen molar-refractivity contribution in [1.82, 2.24) is 0 Å². The summed E-state index contributed by atoms with van der Waals surface area (Å²) in [7, 11) is 0. The van der Waals surface area contributed by atoms with Gasteiger partial charge in [0.2, 0.25) is 0 Å². The zero-order valence-corrected chi connectivity index (χ0v) is 13.9. The molecule has 0 spiro atoms. The van der Waals surface area contributed by atoms with E-state index >= 15 is 0 Å². The highest BCUT2D eigenvalue weighted by Crippen LogP contribution is 2.21. The Hall–Kier alpha value is -2.46. The number of carbonyl (C=O) groups is 1. The van der Waals surface area contributed by atoms with Crippen LogP contribution in [0.25, 0.3) is 0 Å². The summed E-state index contributed by atoms with van der Waals surface area (Å²) in [6.45, 7) is 4.53. The van der Waals surface area contributed by atoms with E-state index in [-0.39, 0.29) is 6.03 Å². The number of halogens is 1. The molecule has 0 aliphatic heterocycles. The standard InChI is InChI=1S/C18H19ClN2O2/c1-13(2)10-11-23-15-7-5-6-14(12-15)20-18(22)21-17-9-4-3-8-16(17)19/h3-10,12H,11H2,1-2H3,(H2,20,21,22). The summed E-state index contributed by atoms with van der Waals surface area (Å²) in [6.07, 6.45) is 1.99. The second-order valence-corrected chi connectivity index (χ2v) is 5.59. The van der Waals surface area contributed by atoms with E-state index in [9.17, 15) is 4.79 Å². The van der Waals surface area contributed by atoms with Gasteiger partial charge in [0.15, 0.2) is 0 Å². The number of para-hydroxylation sites is 1. The number of hydrogen-bond acceptors (Lipinski definition) is 2. The van der Waals surface area contributed by atoms with E-state index in [1.165, 1.54) is 5.57 Å². The first kappa shape index (κ1) is 16.9. The van der Waals surface area contributed by atoms with E-state index in [0.29, 0.717) is 28.8 Å². The third kappa shape index (κ3) is 5.68. The predicted octanol–water partition coefficient (Wildman–Crippen LogP) is 5.33. The molecule has 0 saturated heterocycles. The minimum atomic E-state index is -0.362. The van der Waals surface area contributed by atoms with Crippen LogP contribution in [0.4, 0.5) is 16.2 Å². The first-order valence-electron chi connectivity index (χ1n) is 7.23. The van der Waals surface area contributed by atoms with E-state index in [2.05, 4.69) is 10.6 Å². The van der Waals surface area contributed by atoms with Gasteiger partial charge in [0.05, 0.1) is 10.7 Å². The maximum atomic E-state index is 12.0. The highest BCUT2D eigenvalue weighted by atomic mass is 35.5. The van der Waals surface area contributed by atoms with Crippen molar-refractivity contribution < 1.29 is 9.53 Å². The molecule has 0 aromatic heterocycles. The topological polar surface area (TPSA) is 50.4 Å². The summed E-state index contributed by atoms with van der Waals surface area (Å²) in [5, 5.41) is 5.94. The summed E-state index contributed by atoms with van der Waals surface area (Å²) in [5.74, 6) is 0.693. The van der Waals surface area contributed by atoms with E-state index in [0.717, 1.165) is 0 Å². The molecule has 0 fully saturated rings. The number of nitrogens with one attached hydrogen (secondary N) is 2. The first-order chi connectivity index (χ1) is 11.0. The molecule has 0 bridgehead atoms. The number of carbonyl (C=O) groups excluding carboxylic acids is 1. The number of rotatable bonds is 5. The third-order valence-corrected chi connectivity index (χ3v) is 3.29. The fourth-order valence-corrected chi connectivity index (χ4v) is 2.00. The lowest BCUT2D eigenvalue weighted by molar-refractivity contribution is 0.262. The van der Waals surface area contributed by atoms with Crippen LogP contribution < -0.4 is 15.4 Å². The number of amides is 2. The van der Waals surface area contributed by atoms with Gasteiger partial charge in [-0.25, -0.2) is 4.79 Å². The fourth-order valence-electron chi connectivity index (χ4n) is 1.82. The lowest BCUT2D eigenvalue weighted by Crippen LogP contribution is -2.19. The lowest BCUT2D eigenvalue weighted by atomic mass is 10.3. The minimum Gasteiger partial charge on any atom is -0.489 e. The minimum absolute atomic E-state index is 0.362. The Morgan fingerprint density at radius 2 is 1.91 bits per heavy atom. The van der Waals surface area contributed by atoms with Crippen LogP contribution in [0.3, 0.4) is 0 Å². The molecule has 0 aliphatic rings. The molecule has 2 rings (SSSR count). The number of ether oxygens (including phenoxy) is 1. The summed E-state index contributed by atoms with van der Waals surface area (Å²) in [4.78, 5) is 12.0. The fraction of sp³-hybridized carbons (Fsp3) is 0.167. The molecular weight excluding hydrogens is 312 g/mol. The molecule has 0 atom stereocenters. The van der Waals surface area contributed by atoms with Crippen molar-refractivity contribution >= 4 is 29.0 Å². The second-order valence-electron chi connectivity index (χ2n) is 5.18. The van der Waals surface area contributed by atoms with Crippen LogP contribution in [-0.2, 0) is 0 Å². The normalized spacial score (nSPS) is 9.87. The van der Waals surface area contributed by atoms with Crippen molar-refractivity contribution in [1.29, 1.82) is 0 Å². The van der Waals surface area contributed by atoms with Gasteiger partial charge in [-0.2, -0.15) is 0 Å². The Bertz CT molecular complexity index is 710. The van der Waals surface area contributed by atoms with Crippen LogP contribution in [0.2, 0.25) is 5.02 Å². The van der Waals surface area contributed by atoms with Crippen LogP contribution in [0.15, 0.2) is 60.2 Å². The molecule has 0 heterocycles. The van der Waals surface area contributed by atoms with Gasteiger partial charge in [0.1, 0.15) is 12.4 Å². The molecule has 23 heavy (non-hydrogen) atoms. The van der Waals surface area contributed by atoms with E-state index in [4.69, 9.17) is 16.3 Å². The van der Waals surface area contributed by atoms with Gasteiger partial charge in [0, 0.05) is 11.8 Å². The maximum absolute atomic E-state index is 12.0. The molecule has 0 radical (unpaired) electrons. The van der Waals surface area contributed by atoms with Crippen molar-refractivity contribution in [2.75, 3.05) is 17.2 Å². The average molecular weight is 331 g/mol. The molecule has 0 aliphatic carbocycles. The van der Waals surface area contributed by atoms with Crippen LogP contribution >= 0.6 is 11.6 Å². The Morgan fingerprint density at radius 1 is 1.13 bits per heavy atom. The number of allylic oxidation sites excluding steroid dienone is 1. The van der Waals surface area contributed by atoms with Gasteiger partial charge in [-0.15, -0.1) is 0 Å². The lowest BCUT2D eigenvalue weighted by Gasteiger charge is -2.10. The second kappa shape index (κ2) is 8.25. The third-order valence-electron chi connectivity index (χ3n) is 2.96. The smallest absolute Gasteiger partial charge is 0.323 e. The van der Waals surface area contributed by atoms with Gasteiger partial charge < -0.3 is 15.4 Å². The van der Waals surface area contributed by atoms with Crippen LogP contribution in [0, 0.1) is 0 Å². The van der Waals surface area contributed by atoms with Crippen LogP contribution in [0.5, 0.6) is 5.75 Å².